The molecule has 0 radical (unpaired) electrons. The van der Waals surface area contributed by atoms with Crippen LogP contribution in [0.4, 0.5) is 14.5 Å². The zero-order chi connectivity index (χ0) is 15.2. The molecular formula is C15H14F2N2OS. The number of nitrogens with two attached hydrogens (primary N) is 1. The van der Waals surface area contributed by atoms with Gasteiger partial charge >= 0.3 is 0 Å². The van der Waals surface area contributed by atoms with Crippen LogP contribution in [0.2, 0.25) is 0 Å². The van der Waals surface area contributed by atoms with Crippen molar-refractivity contribution in [2.24, 2.45) is 0 Å². The van der Waals surface area contributed by atoms with Gasteiger partial charge in [0.15, 0.2) is 0 Å². The van der Waals surface area contributed by atoms with Gasteiger partial charge < -0.3 is 11.1 Å². The number of carbonyl (C=O) groups is 1. The van der Waals surface area contributed by atoms with Gasteiger partial charge in [0.2, 0.25) is 5.91 Å². The summed E-state index contributed by atoms with van der Waals surface area (Å²) in [7, 11) is 0. The Morgan fingerprint density at radius 2 is 1.76 bits per heavy atom. The van der Waals surface area contributed by atoms with Crippen LogP contribution in [-0.2, 0) is 11.3 Å². The third kappa shape index (κ3) is 4.75. The Balaban J connectivity index is 1.80. The third-order valence-corrected chi connectivity index (χ3v) is 3.82. The van der Waals surface area contributed by atoms with Crippen LogP contribution in [0.1, 0.15) is 5.56 Å². The SMILES string of the molecule is Nc1cc(F)ccc1SCC(=O)NCc1ccc(F)cc1. The highest BCUT2D eigenvalue weighted by Crippen LogP contribution is 2.25. The van der Waals surface area contributed by atoms with Crippen molar-refractivity contribution >= 4 is 23.4 Å². The maximum atomic E-state index is 12.9. The number of amides is 1. The molecule has 3 N–H and O–H groups in total. The number of thioether (sulfide) groups is 1. The predicted octanol–water partition coefficient (Wildman–Crippen LogP) is 2.96. The summed E-state index contributed by atoms with van der Waals surface area (Å²) in [5, 5.41) is 2.72. The second-order valence-corrected chi connectivity index (χ2v) is 5.39. The molecule has 2 aromatic rings. The van der Waals surface area contributed by atoms with Crippen LogP contribution in [0.25, 0.3) is 0 Å². The summed E-state index contributed by atoms with van der Waals surface area (Å²) in [5.74, 6) is -0.713. The average molecular weight is 308 g/mol. The number of halogens is 2. The molecule has 0 aliphatic carbocycles. The van der Waals surface area contributed by atoms with Crippen molar-refractivity contribution in [3.05, 3.63) is 59.7 Å². The molecule has 0 bridgehead atoms. The molecule has 0 fully saturated rings. The first kappa shape index (κ1) is 15.3. The molecule has 2 rings (SSSR count). The molecule has 0 aromatic heterocycles. The van der Waals surface area contributed by atoms with Gasteiger partial charge in [0.25, 0.3) is 0 Å². The van der Waals surface area contributed by atoms with Crippen molar-refractivity contribution in [3.63, 3.8) is 0 Å². The van der Waals surface area contributed by atoms with E-state index in [0.717, 1.165) is 5.56 Å². The fraction of sp³-hybridized carbons (Fsp3) is 0.133. The minimum atomic E-state index is -0.405. The summed E-state index contributed by atoms with van der Waals surface area (Å²) < 4.78 is 25.6. The van der Waals surface area contributed by atoms with Crippen LogP contribution in [0, 0.1) is 11.6 Å². The number of anilines is 1. The van der Waals surface area contributed by atoms with E-state index in [2.05, 4.69) is 5.32 Å². The van der Waals surface area contributed by atoms with E-state index in [1.807, 2.05) is 0 Å². The van der Waals surface area contributed by atoms with Gasteiger partial charge in [0.1, 0.15) is 11.6 Å². The van der Waals surface area contributed by atoms with Crippen molar-refractivity contribution in [1.82, 2.24) is 5.32 Å². The molecule has 110 valence electrons. The molecule has 21 heavy (non-hydrogen) atoms. The second kappa shape index (κ2) is 7.08. The molecule has 2 aromatic carbocycles. The maximum absolute atomic E-state index is 12.9. The van der Waals surface area contributed by atoms with Crippen molar-refractivity contribution in [3.8, 4) is 0 Å². The molecule has 6 heteroatoms. The van der Waals surface area contributed by atoms with Crippen molar-refractivity contribution in [2.75, 3.05) is 11.5 Å². The quantitative estimate of drug-likeness (QED) is 0.659. The Morgan fingerprint density at radius 1 is 1.10 bits per heavy atom. The van der Waals surface area contributed by atoms with Gasteiger partial charge in [-0.15, -0.1) is 11.8 Å². The lowest BCUT2D eigenvalue weighted by atomic mass is 10.2. The first-order valence-electron chi connectivity index (χ1n) is 6.23. The smallest absolute Gasteiger partial charge is 0.230 e. The van der Waals surface area contributed by atoms with Crippen LogP contribution >= 0.6 is 11.8 Å². The van der Waals surface area contributed by atoms with E-state index in [4.69, 9.17) is 5.73 Å². The summed E-state index contributed by atoms with van der Waals surface area (Å²) in [5.41, 5.74) is 6.79. The minimum absolute atomic E-state index is 0.173. The van der Waals surface area contributed by atoms with Gasteiger partial charge in [-0.1, -0.05) is 12.1 Å². The number of rotatable bonds is 5. The number of hydrogen-bond acceptors (Lipinski definition) is 3. The topological polar surface area (TPSA) is 55.1 Å². The highest BCUT2D eigenvalue weighted by Gasteiger charge is 2.06. The van der Waals surface area contributed by atoms with Crippen molar-refractivity contribution in [2.45, 2.75) is 11.4 Å². The Morgan fingerprint density at radius 3 is 2.43 bits per heavy atom. The normalized spacial score (nSPS) is 10.4. The number of hydrogen-bond donors (Lipinski definition) is 2. The molecule has 0 saturated heterocycles. The summed E-state index contributed by atoms with van der Waals surface area (Å²) in [6.45, 7) is 0.332. The standard InChI is InChI=1S/C15H14F2N2OS/c16-11-3-1-10(2-4-11)8-19-15(20)9-21-14-6-5-12(17)7-13(14)18/h1-7H,8-9,18H2,(H,19,20). The lowest BCUT2D eigenvalue weighted by Crippen LogP contribution is -2.24. The van der Waals surface area contributed by atoms with Gasteiger partial charge in [0.05, 0.1) is 5.75 Å². The van der Waals surface area contributed by atoms with Crippen LogP contribution in [0.3, 0.4) is 0 Å². The van der Waals surface area contributed by atoms with Gasteiger partial charge in [-0.25, -0.2) is 8.78 Å². The van der Waals surface area contributed by atoms with E-state index >= 15 is 0 Å². The van der Waals surface area contributed by atoms with E-state index in [1.54, 1.807) is 18.2 Å². The first-order chi connectivity index (χ1) is 10.0. The van der Waals surface area contributed by atoms with E-state index in [-0.39, 0.29) is 17.5 Å². The number of nitrogens with one attached hydrogen (secondary N) is 1. The molecule has 1 amide bonds. The predicted molar refractivity (Wildman–Crippen MR) is 79.8 cm³/mol. The minimum Gasteiger partial charge on any atom is -0.398 e. The number of nitrogen functional groups attached to an aromatic ring is 1. The van der Waals surface area contributed by atoms with Gasteiger partial charge in [0, 0.05) is 17.1 Å². The zero-order valence-electron chi connectivity index (χ0n) is 11.1. The fourth-order valence-corrected chi connectivity index (χ4v) is 2.43. The molecule has 0 spiro atoms. The molecule has 0 unspecified atom stereocenters. The molecule has 0 saturated carbocycles. The lowest BCUT2D eigenvalue weighted by Gasteiger charge is -2.07. The average Bonchev–Trinajstić information content (AvgIpc) is 2.46. The molecule has 0 heterocycles. The highest BCUT2D eigenvalue weighted by atomic mass is 32.2. The largest absolute Gasteiger partial charge is 0.398 e. The Bertz CT molecular complexity index is 632. The Kier molecular flexibility index (Phi) is 5.16. The second-order valence-electron chi connectivity index (χ2n) is 4.37. The third-order valence-electron chi connectivity index (χ3n) is 2.73. The highest BCUT2D eigenvalue weighted by molar-refractivity contribution is 8.00. The summed E-state index contributed by atoms with van der Waals surface area (Å²) in [6.07, 6.45) is 0. The summed E-state index contributed by atoms with van der Waals surface area (Å²) >= 11 is 1.24. The van der Waals surface area contributed by atoms with Gasteiger partial charge in [-0.05, 0) is 35.9 Å². The maximum Gasteiger partial charge on any atom is 0.230 e. The van der Waals surface area contributed by atoms with Gasteiger partial charge in [-0.2, -0.15) is 0 Å². The number of carbonyl (C=O) groups excluding carboxylic acids is 1. The van der Waals surface area contributed by atoms with E-state index in [0.29, 0.717) is 17.1 Å². The van der Waals surface area contributed by atoms with Crippen LogP contribution in [0.15, 0.2) is 47.4 Å². The van der Waals surface area contributed by atoms with Crippen molar-refractivity contribution < 1.29 is 13.6 Å². The molecule has 0 aliphatic rings. The van der Waals surface area contributed by atoms with Crippen LogP contribution in [-0.4, -0.2) is 11.7 Å². The van der Waals surface area contributed by atoms with E-state index < -0.39 is 5.82 Å². The van der Waals surface area contributed by atoms with E-state index in [1.165, 1.54) is 36.0 Å². The summed E-state index contributed by atoms with van der Waals surface area (Å²) in [6, 6.07) is 9.97. The molecule has 0 aliphatic heterocycles. The lowest BCUT2D eigenvalue weighted by molar-refractivity contribution is -0.118. The monoisotopic (exact) mass is 308 g/mol. The zero-order valence-corrected chi connectivity index (χ0v) is 11.9. The van der Waals surface area contributed by atoms with E-state index in [9.17, 15) is 13.6 Å². The van der Waals surface area contributed by atoms with Crippen LogP contribution < -0.4 is 11.1 Å². The first-order valence-corrected chi connectivity index (χ1v) is 7.22. The molecule has 0 atom stereocenters. The van der Waals surface area contributed by atoms with Gasteiger partial charge in [-0.3, -0.25) is 4.79 Å². The summed E-state index contributed by atoms with van der Waals surface area (Å²) in [4.78, 5) is 12.4. The Labute approximate surface area is 125 Å². The number of benzene rings is 2. The van der Waals surface area contributed by atoms with Crippen molar-refractivity contribution in [1.29, 1.82) is 0 Å². The van der Waals surface area contributed by atoms with Crippen LogP contribution in [0.5, 0.6) is 0 Å². The molecule has 3 nitrogen and oxygen atoms in total. The Hall–Kier alpha value is -2.08. The fourth-order valence-electron chi connectivity index (χ4n) is 1.65. The molecular weight excluding hydrogens is 294 g/mol.